The summed E-state index contributed by atoms with van der Waals surface area (Å²) in [7, 11) is -1.57. The quantitative estimate of drug-likeness (QED) is 0.772. The van der Waals surface area contributed by atoms with Crippen molar-refractivity contribution in [2.24, 2.45) is 0 Å². The molecule has 1 aliphatic rings. The number of nitrogens with zero attached hydrogens (tertiary/aromatic N) is 1. The Morgan fingerprint density at radius 1 is 1.29 bits per heavy atom. The number of sulfonamides is 1. The Labute approximate surface area is 131 Å². The fourth-order valence-electron chi connectivity index (χ4n) is 2.27. The Bertz CT molecular complexity index is 543. The van der Waals surface area contributed by atoms with Crippen LogP contribution in [0.25, 0.3) is 0 Å². The maximum absolute atomic E-state index is 12.3. The normalized spacial score (nSPS) is 17.0. The van der Waals surface area contributed by atoms with E-state index in [1.807, 2.05) is 24.9 Å². The zero-order chi connectivity index (χ0) is 15.1. The lowest BCUT2D eigenvalue weighted by molar-refractivity contribution is 0.307. The molecule has 21 heavy (non-hydrogen) atoms. The monoisotopic (exact) mass is 329 g/mol. The Morgan fingerprint density at radius 3 is 2.76 bits per heavy atom. The predicted molar refractivity (Wildman–Crippen MR) is 88.2 cm³/mol. The van der Waals surface area contributed by atoms with Crippen LogP contribution < -0.4 is 10.0 Å². The van der Waals surface area contributed by atoms with Crippen LogP contribution in [0.5, 0.6) is 0 Å². The highest BCUT2D eigenvalue weighted by Crippen LogP contribution is 2.12. The van der Waals surface area contributed by atoms with Crippen molar-refractivity contribution in [3.05, 3.63) is 29.8 Å². The average Bonchev–Trinajstić information content (AvgIpc) is 2.49. The summed E-state index contributed by atoms with van der Waals surface area (Å²) in [4.78, 5) is 2.64. The zero-order valence-corrected chi connectivity index (χ0v) is 14.0. The number of hydrogen-bond acceptors (Lipinski definition) is 5. The molecule has 1 fully saturated rings. The maximum Gasteiger partial charge on any atom is 0.240 e. The molecule has 0 radical (unpaired) electrons. The molecule has 1 saturated heterocycles. The Balaban J connectivity index is 1.90. The van der Waals surface area contributed by atoms with Gasteiger partial charge in [0.25, 0.3) is 0 Å². The average molecular weight is 329 g/mol. The number of thioether (sulfide) groups is 1. The number of benzene rings is 1. The fraction of sp³-hybridized carbons (Fsp3) is 0.571. The molecule has 5 nitrogen and oxygen atoms in total. The van der Waals surface area contributed by atoms with Gasteiger partial charge < -0.3 is 10.2 Å². The van der Waals surface area contributed by atoms with Gasteiger partial charge in [-0.3, -0.25) is 0 Å². The molecular weight excluding hydrogens is 306 g/mol. The molecule has 7 heteroatoms. The molecule has 0 aromatic heterocycles. The van der Waals surface area contributed by atoms with Crippen LogP contribution >= 0.6 is 11.8 Å². The summed E-state index contributed by atoms with van der Waals surface area (Å²) >= 11 is 1.95. The third-order valence-electron chi connectivity index (χ3n) is 3.41. The summed E-state index contributed by atoms with van der Waals surface area (Å²) in [6.07, 6.45) is 0. The molecule has 1 aromatic carbocycles. The van der Waals surface area contributed by atoms with E-state index in [1.165, 1.54) is 0 Å². The molecule has 0 saturated carbocycles. The molecule has 0 atom stereocenters. The van der Waals surface area contributed by atoms with Crippen LogP contribution in [0.4, 0.5) is 0 Å². The minimum Gasteiger partial charge on any atom is -0.316 e. The van der Waals surface area contributed by atoms with E-state index in [-0.39, 0.29) is 0 Å². The summed E-state index contributed by atoms with van der Waals surface area (Å²) in [5.74, 6) is 2.28. The highest BCUT2D eigenvalue weighted by Gasteiger charge is 2.15. The van der Waals surface area contributed by atoms with Crippen molar-refractivity contribution in [2.45, 2.75) is 11.4 Å². The third-order valence-corrected chi connectivity index (χ3v) is 5.81. The Morgan fingerprint density at radius 2 is 2.05 bits per heavy atom. The molecule has 0 bridgehead atoms. The van der Waals surface area contributed by atoms with Gasteiger partial charge in [0.15, 0.2) is 0 Å². The van der Waals surface area contributed by atoms with Crippen molar-refractivity contribution < 1.29 is 8.42 Å². The third kappa shape index (κ3) is 5.27. The smallest absolute Gasteiger partial charge is 0.240 e. The van der Waals surface area contributed by atoms with Crippen LogP contribution in [0.2, 0.25) is 0 Å². The van der Waals surface area contributed by atoms with E-state index in [4.69, 9.17) is 0 Å². The van der Waals surface area contributed by atoms with Crippen molar-refractivity contribution in [2.75, 3.05) is 44.7 Å². The molecular formula is C14H23N3O2S2. The van der Waals surface area contributed by atoms with Gasteiger partial charge in [-0.15, -0.1) is 0 Å². The molecule has 1 heterocycles. The minimum atomic E-state index is -3.41. The second kappa shape index (κ2) is 8.14. The van der Waals surface area contributed by atoms with E-state index in [0.29, 0.717) is 18.0 Å². The summed E-state index contributed by atoms with van der Waals surface area (Å²) in [5.41, 5.74) is 0.966. The van der Waals surface area contributed by atoms with Crippen molar-refractivity contribution in [3.8, 4) is 0 Å². The van der Waals surface area contributed by atoms with Gasteiger partial charge in [0.2, 0.25) is 10.0 Å². The van der Waals surface area contributed by atoms with Crippen LogP contribution in [0.1, 0.15) is 5.56 Å². The second-order valence-corrected chi connectivity index (χ2v) is 8.02. The molecule has 2 rings (SSSR count). The Kier molecular flexibility index (Phi) is 6.50. The SMILES string of the molecule is CNCc1cccc(S(=O)(=O)NCCN2CCSCC2)c1. The van der Waals surface area contributed by atoms with Crippen LogP contribution in [0, 0.1) is 0 Å². The van der Waals surface area contributed by atoms with E-state index in [1.54, 1.807) is 18.2 Å². The molecule has 0 unspecified atom stereocenters. The van der Waals surface area contributed by atoms with Crippen LogP contribution in [-0.2, 0) is 16.6 Å². The van der Waals surface area contributed by atoms with Crippen LogP contribution in [-0.4, -0.2) is 58.1 Å². The van der Waals surface area contributed by atoms with Gasteiger partial charge in [-0.2, -0.15) is 11.8 Å². The maximum atomic E-state index is 12.3. The van der Waals surface area contributed by atoms with Gasteiger partial charge in [0.05, 0.1) is 4.90 Å². The first-order chi connectivity index (χ1) is 10.1. The van der Waals surface area contributed by atoms with Crippen molar-refractivity contribution in [1.82, 2.24) is 14.9 Å². The van der Waals surface area contributed by atoms with Gasteiger partial charge >= 0.3 is 0 Å². The van der Waals surface area contributed by atoms with Gasteiger partial charge in [-0.05, 0) is 24.7 Å². The summed E-state index contributed by atoms with van der Waals surface area (Å²) in [5, 5.41) is 3.02. The highest BCUT2D eigenvalue weighted by atomic mass is 32.2. The van der Waals surface area contributed by atoms with Crippen LogP contribution in [0.15, 0.2) is 29.2 Å². The van der Waals surface area contributed by atoms with Gasteiger partial charge in [0, 0.05) is 44.2 Å². The molecule has 2 N–H and O–H groups in total. The first-order valence-corrected chi connectivity index (χ1v) is 9.79. The Hall–Kier alpha value is -0.600. The molecule has 1 aliphatic heterocycles. The number of hydrogen-bond donors (Lipinski definition) is 2. The summed E-state index contributed by atoms with van der Waals surface area (Å²) in [6, 6.07) is 7.05. The molecule has 0 amide bonds. The highest BCUT2D eigenvalue weighted by molar-refractivity contribution is 7.99. The number of rotatable bonds is 7. The number of nitrogens with one attached hydrogen (secondary N) is 2. The van der Waals surface area contributed by atoms with Crippen molar-refractivity contribution >= 4 is 21.8 Å². The van der Waals surface area contributed by atoms with Gasteiger partial charge in [-0.25, -0.2) is 13.1 Å². The summed E-state index contributed by atoms with van der Waals surface area (Å²) in [6.45, 7) is 3.99. The van der Waals surface area contributed by atoms with E-state index >= 15 is 0 Å². The zero-order valence-electron chi connectivity index (χ0n) is 12.3. The second-order valence-electron chi connectivity index (χ2n) is 5.03. The predicted octanol–water partition coefficient (Wildman–Crippen LogP) is 0.733. The lowest BCUT2D eigenvalue weighted by Gasteiger charge is -2.25. The standard InChI is InChI=1S/C14H23N3O2S2/c1-15-12-13-3-2-4-14(11-13)21(18,19)16-5-6-17-7-9-20-10-8-17/h2-4,11,15-16H,5-10,12H2,1H3. The fourth-order valence-corrected chi connectivity index (χ4v) is 4.34. The van der Waals surface area contributed by atoms with Crippen molar-refractivity contribution in [3.63, 3.8) is 0 Å². The van der Waals surface area contributed by atoms with Crippen LogP contribution in [0.3, 0.4) is 0 Å². The molecule has 0 spiro atoms. The minimum absolute atomic E-state index is 0.337. The van der Waals surface area contributed by atoms with E-state index in [0.717, 1.165) is 36.7 Å². The van der Waals surface area contributed by atoms with Crippen molar-refractivity contribution in [1.29, 1.82) is 0 Å². The topological polar surface area (TPSA) is 61.4 Å². The van der Waals surface area contributed by atoms with E-state index in [9.17, 15) is 8.42 Å². The van der Waals surface area contributed by atoms with Gasteiger partial charge in [-0.1, -0.05) is 12.1 Å². The van der Waals surface area contributed by atoms with E-state index < -0.39 is 10.0 Å². The lowest BCUT2D eigenvalue weighted by atomic mass is 10.2. The van der Waals surface area contributed by atoms with E-state index in [2.05, 4.69) is 14.9 Å². The first-order valence-electron chi connectivity index (χ1n) is 7.15. The molecule has 118 valence electrons. The van der Waals surface area contributed by atoms with Gasteiger partial charge in [0.1, 0.15) is 0 Å². The summed E-state index contributed by atoms with van der Waals surface area (Å²) < 4.78 is 27.2. The molecule has 0 aliphatic carbocycles. The molecule has 1 aromatic rings. The largest absolute Gasteiger partial charge is 0.316 e. The first kappa shape index (κ1) is 16.8. The lowest BCUT2D eigenvalue weighted by Crippen LogP contribution is -2.39.